The van der Waals surface area contributed by atoms with Gasteiger partial charge >= 0.3 is 12.0 Å². The van der Waals surface area contributed by atoms with Crippen LogP contribution in [0.25, 0.3) is 0 Å². The number of hydrogen-bond acceptors (Lipinski definition) is 3. The van der Waals surface area contributed by atoms with E-state index in [0.717, 1.165) is 6.92 Å². The van der Waals surface area contributed by atoms with Gasteiger partial charge in [-0.1, -0.05) is 30.3 Å². The number of alkyl carbamates (subject to hydrolysis) is 1. The molecule has 116 valence electrons. The van der Waals surface area contributed by atoms with E-state index in [1.807, 2.05) is 0 Å². The molecule has 0 aromatic heterocycles. The van der Waals surface area contributed by atoms with Gasteiger partial charge in [-0.25, -0.2) is 4.79 Å². The quantitative estimate of drug-likeness (QED) is 0.926. The summed E-state index contributed by atoms with van der Waals surface area (Å²) in [6, 6.07) is 5.81. The average molecular weight is 299 g/mol. The van der Waals surface area contributed by atoms with Gasteiger partial charge in [0.2, 0.25) is 5.78 Å². The molecule has 6 heteroatoms. The van der Waals surface area contributed by atoms with Gasteiger partial charge in [-0.2, -0.15) is 8.78 Å². The van der Waals surface area contributed by atoms with Crippen LogP contribution in [0.1, 0.15) is 39.3 Å². The van der Waals surface area contributed by atoms with E-state index in [9.17, 15) is 18.4 Å². The molecule has 0 saturated heterocycles. The molecular weight excluding hydrogens is 280 g/mol. The summed E-state index contributed by atoms with van der Waals surface area (Å²) in [5.74, 6) is -5.05. The average Bonchev–Trinajstić information content (AvgIpc) is 2.34. The highest BCUT2D eigenvalue weighted by Crippen LogP contribution is 2.32. The van der Waals surface area contributed by atoms with Crippen molar-refractivity contribution in [3.05, 3.63) is 35.9 Å². The van der Waals surface area contributed by atoms with E-state index < -0.39 is 29.4 Å². The molecule has 4 nitrogen and oxygen atoms in total. The van der Waals surface area contributed by atoms with Crippen LogP contribution in [0.4, 0.5) is 13.6 Å². The fourth-order valence-corrected chi connectivity index (χ4v) is 1.66. The number of halogens is 2. The molecule has 1 N–H and O–H groups in total. The fraction of sp³-hybridized carbons (Fsp3) is 0.467. The molecule has 0 spiro atoms. The first-order valence-corrected chi connectivity index (χ1v) is 6.47. The molecular formula is C15H19F2NO3. The summed E-state index contributed by atoms with van der Waals surface area (Å²) in [5, 5.41) is 2.08. The van der Waals surface area contributed by atoms with Crippen molar-refractivity contribution < 1.29 is 23.1 Å². The normalized spacial score (nSPS) is 13.4. The summed E-state index contributed by atoms with van der Waals surface area (Å²) >= 11 is 0. The Labute approximate surface area is 122 Å². The van der Waals surface area contributed by atoms with Gasteiger partial charge in [0.1, 0.15) is 11.6 Å². The lowest BCUT2D eigenvalue weighted by Gasteiger charge is -2.28. The number of nitrogens with one attached hydrogen (secondary N) is 1. The van der Waals surface area contributed by atoms with Crippen molar-refractivity contribution in [3.8, 4) is 0 Å². The van der Waals surface area contributed by atoms with Gasteiger partial charge in [0, 0.05) is 6.92 Å². The zero-order valence-electron chi connectivity index (χ0n) is 12.4. The van der Waals surface area contributed by atoms with Gasteiger partial charge < -0.3 is 10.1 Å². The minimum atomic E-state index is -3.72. The monoisotopic (exact) mass is 299 g/mol. The number of carbonyl (C=O) groups is 2. The number of carbonyl (C=O) groups excluding carboxylic acids is 2. The standard InChI is InChI=1S/C15H19F2NO3/c1-10(19)15(16,17)12(11-8-6-5-7-9-11)18-13(20)21-14(2,3)4/h5-9,12H,1-4H3,(H,18,20). The van der Waals surface area contributed by atoms with Gasteiger partial charge in [0.25, 0.3) is 0 Å². The van der Waals surface area contributed by atoms with E-state index in [4.69, 9.17) is 4.74 Å². The van der Waals surface area contributed by atoms with E-state index in [0.29, 0.717) is 0 Å². The summed E-state index contributed by atoms with van der Waals surface area (Å²) in [6.45, 7) is 5.64. The molecule has 1 atom stereocenters. The third-order valence-electron chi connectivity index (χ3n) is 2.63. The number of ether oxygens (including phenoxy) is 1. The fourth-order valence-electron chi connectivity index (χ4n) is 1.66. The second-order valence-corrected chi connectivity index (χ2v) is 5.67. The maximum absolute atomic E-state index is 14.1. The summed E-state index contributed by atoms with van der Waals surface area (Å²) in [4.78, 5) is 22.9. The molecule has 0 aliphatic heterocycles. The number of amides is 1. The van der Waals surface area contributed by atoms with Crippen molar-refractivity contribution in [2.75, 3.05) is 0 Å². The van der Waals surface area contributed by atoms with Crippen molar-refractivity contribution >= 4 is 11.9 Å². The van der Waals surface area contributed by atoms with Gasteiger partial charge in [0.15, 0.2) is 0 Å². The first-order valence-electron chi connectivity index (χ1n) is 6.47. The number of hydrogen-bond donors (Lipinski definition) is 1. The van der Waals surface area contributed by atoms with E-state index in [1.54, 1.807) is 39.0 Å². The van der Waals surface area contributed by atoms with Gasteiger partial charge in [-0.05, 0) is 26.3 Å². The Bertz CT molecular complexity index is 509. The van der Waals surface area contributed by atoms with Crippen molar-refractivity contribution in [2.24, 2.45) is 0 Å². The molecule has 1 aromatic rings. The third kappa shape index (κ3) is 4.81. The molecule has 0 saturated carbocycles. The van der Waals surface area contributed by atoms with E-state index in [2.05, 4.69) is 5.32 Å². The Kier molecular flexibility index (Phi) is 5.04. The first-order chi connectivity index (χ1) is 9.54. The molecule has 0 fully saturated rings. The largest absolute Gasteiger partial charge is 0.444 e. The van der Waals surface area contributed by atoms with E-state index in [1.165, 1.54) is 12.1 Å². The van der Waals surface area contributed by atoms with Crippen molar-refractivity contribution in [1.82, 2.24) is 5.32 Å². The highest BCUT2D eigenvalue weighted by molar-refractivity contribution is 5.85. The number of rotatable bonds is 4. The summed E-state index contributed by atoms with van der Waals surface area (Å²) in [7, 11) is 0. The topological polar surface area (TPSA) is 55.4 Å². The molecule has 0 aliphatic carbocycles. The van der Waals surface area contributed by atoms with Gasteiger partial charge in [-0.3, -0.25) is 4.79 Å². The third-order valence-corrected chi connectivity index (χ3v) is 2.63. The lowest BCUT2D eigenvalue weighted by molar-refractivity contribution is -0.145. The summed E-state index contributed by atoms with van der Waals surface area (Å²) in [5.41, 5.74) is -0.694. The van der Waals surface area contributed by atoms with Crippen molar-refractivity contribution in [2.45, 2.75) is 45.3 Å². The summed E-state index contributed by atoms with van der Waals surface area (Å²) in [6.07, 6.45) is -1.00. The maximum atomic E-state index is 14.1. The molecule has 0 bridgehead atoms. The van der Waals surface area contributed by atoms with Crippen molar-refractivity contribution in [3.63, 3.8) is 0 Å². The van der Waals surface area contributed by atoms with Crippen LogP contribution in [-0.2, 0) is 9.53 Å². The van der Waals surface area contributed by atoms with Crippen LogP contribution in [0, 0.1) is 0 Å². The molecule has 1 aromatic carbocycles. The second kappa shape index (κ2) is 6.20. The molecule has 1 unspecified atom stereocenters. The van der Waals surface area contributed by atoms with Crippen molar-refractivity contribution in [1.29, 1.82) is 0 Å². The molecule has 0 heterocycles. The van der Waals surface area contributed by atoms with Crippen LogP contribution in [0.5, 0.6) is 0 Å². The predicted octanol–water partition coefficient (Wildman–Crippen LogP) is 3.48. The van der Waals surface area contributed by atoms with Crippen LogP contribution >= 0.6 is 0 Å². The SMILES string of the molecule is CC(=O)C(F)(F)C(NC(=O)OC(C)(C)C)c1ccccc1. The number of Topliss-reactive ketones (excluding diaryl/α,β-unsaturated/α-hetero) is 1. The Morgan fingerprint density at radius 2 is 1.67 bits per heavy atom. The smallest absolute Gasteiger partial charge is 0.408 e. The highest BCUT2D eigenvalue weighted by Gasteiger charge is 2.46. The molecule has 1 amide bonds. The maximum Gasteiger partial charge on any atom is 0.408 e. The van der Waals surface area contributed by atoms with Crippen LogP contribution in [0.3, 0.4) is 0 Å². The molecule has 1 rings (SSSR count). The lowest BCUT2D eigenvalue weighted by atomic mass is 9.98. The van der Waals surface area contributed by atoms with Crippen LogP contribution in [-0.4, -0.2) is 23.4 Å². The minimum absolute atomic E-state index is 0.128. The van der Waals surface area contributed by atoms with Gasteiger partial charge in [-0.15, -0.1) is 0 Å². The minimum Gasteiger partial charge on any atom is -0.444 e. The second-order valence-electron chi connectivity index (χ2n) is 5.67. The lowest BCUT2D eigenvalue weighted by Crippen LogP contribution is -2.46. The molecule has 0 aliphatic rings. The van der Waals surface area contributed by atoms with Crippen LogP contribution in [0.2, 0.25) is 0 Å². The molecule has 21 heavy (non-hydrogen) atoms. The Morgan fingerprint density at radius 1 is 1.14 bits per heavy atom. The van der Waals surface area contributed by atoms with Crippen LogP contribution in [0.15, 0.2) is 30.3 Å². The zero-order chi connectivity index (χ0) is 16.3. The highest BCUT2D eigenvalue weighted by atomic mass is 19.3. The van der Waals surface area contributed by atoms with E-state index in [-0.39, 0.29) is 5.56 Å². The van der Waals surface area contributed by atoms with Gasteiger partial charge in [0.05, 0.1) is 0 Å². The zero-order valence-corrected chi connectivity index (χ0v) is 12.4. The summed E-state index contributed by atoms with van der Waals surface area (Å²) < 4.78 is 33.1. The van der Waals surface area contributed by atoms with E-state index >= 15 is 0 Å². The number of benzene rings is 1. The number of ketones is 1. The Hall–Kier alpha value is -1.98. The van der Waals surface area contributed by atoms with Crippen LogP contribution < -0.4 is 5.32 Å². The Morgan fingerprint density at radius 3 is 2.10 bits per heavy atom. The Balaban J connectivity index is 3.05. The predicted molar refractivity (Wildman–Crippen MR) is 74.2 cm³/mol. The first kappa shape index (κ1) is 17.1. The molecule has 0 radical (unpaired) electrons. The number of alkyl halides is 2.